The first kappa shape index (κ1) is 16.0. The number of amides is 1. The molecule has 9 heteroatoms. The number of methoxy groups -OCH3 is 1. The molecule has 0 saturated carbocycles. The summed E-state index contributed by atoms with van der Waals surface area (Å²) in [6, 6.07) is 1.65. The number of hydrogen-bond donors (Lipinski definition) is 0. The fourth-order valence-corrected chi connectivity index (χ4v) is 2.23. The summed E-state index contributed by atoms with van der Waals surface area (Å²) in [5.41, 5.74) is 0. The van der Waals surface area contributed by atoms with E-state index in [2.05, 4.69) is 15.0 Å². The van der Waals surface area contributed by atoms with Crippen LogP contribution in [0.1, 0.15) is 0 Å². The van der Waals surface area contributed by atoms with Gasteiger partial charge < -0.3 is 14.5 Å². The van der Waals surface area contributed by atoms with Crippen molar-refractivity contribution in [3.05, 3.63) is 31.0 Å². The molecule has 3 heterocycles. The lowest BCUT2D eigenvalue weighted by Gasteiger charge is -2.34. The monoisotopic (exact) mass is 324 g/mol. The Bertz CT molecular complexity index is 613. The van der Waals surface area contributed by atoms with E-state index in [-0.39, 0.29) is 18.4 Å². The molecule has 1 fully saturated rings. The fourth-order valence-electron chi connectivity index (χ4n) is 2.23. The Labute approximate surface area is 134 Å². The molecule has 0 aromatic carbocycles. The summed E-state index contributed by atoms with van der Waals surface area (Å²) in [5, 5.41) is 0. The number of carbonyl (C=O) groups is 1. The van der Waals surface area contributed by atoms with Crippen LogP contribution in [0.2, 0.25) is 0 Å². The molecular weight excluding hydrogens is 308 g/mol. The maximum absolute atomic E-state index is 12.2. The highest BCUT2D eigenvalue weighted by molar-refractivity contribution is 5.85. The van der Waals surface area contributed by atoms with E-state index in [4.69, 9.17) is 4.74 Å². The minimum atomic E-state index is -0.0567. The number of imidazole rings is 1. The van der Waals surface area contributed by atoms with E-state index in [0.717, 1.165) is 0 Å². The van der Waals surface area contributed by atoms with E-state index in [1.54, 1.807) is 36.7 Å². The molecule has 2 aromatic rings. The van der Waals surface area contributed by atoms with Crippen LogP contribution in [0.4, 0.5) is 10.7 Å². The van der Waals surface area contributed by atoms with Gasteiger partial charge in [-0.3, -0.25) is 4.57 Å². The first-order valence-corrected chi connectivity index (χ1v) is 6.67. The second kappa shape index (κ2) is 7.08. The highest BCUT2D eigenvalue weighted by Crippen LogP contribution is 2.14. The van der Waals surface area contributed by atoms with Crippen LogP contribution in [0, 0.1) is 0 Å². The first-order valence-electron chi connectivity index (χ1n) is 6.67. The van der Waals surface area contributed by atoms with Crippen molar-refractivity contribution in [2.45, 2.75) is 0 Å². The van der Waals surface area contributed by atoms with Gasteiger partial charge in [0.1, 0.15) is 6.33 Å². The van der Waals surface area contributed by atoms with Crippen LogP contribution in [0.3, 0.4) is 0 Å². The van der Waals surface area contributed by atoms with Gasteiger partial charge in [-0.05, 0) is 0 Å². The molecule has 2 aromatic heterocycles. The van der Waals surface area contributed by atoms with Gasteiger partial charge in [-0.2, -0.15) is 4.98 Å². The quantitative estimate of drug-likeness (QED) is 0.816. The van der Waals surface area contributed by atoms with Crippen molar-refractivity contribution in [3.8, 4) is 5.88 Å². The Morgan fingerprint density at radius 2 is 2.00 bits per heavy atom. The molecule has 0 atom stereocenters. The van der Waals surface area contributed by atoms with Crippen LogP contribution < -0.4 is 9.64 Å². The molecular formula is C13H17ClN6O2. The number of rotatable bonds is 2. The zero-order valence-corrected chi connectivity index (χ0v) is 12.9. The van der Waals surface area contributed by atoms with Gasteiger partial charge in [-0.1, -0.05) is 0 Å². The average molecular weight is 325 g/mol. The van der Waals surface area contributed by atoms with Gasteiger partial charge in [-0.15, -0.1) is 12.4 Å². The zero-order chi connectivity index (χ0) is 14.7. The molecule has 0 spiro atoms. The summed E-state index contributed by atoms with van der Waals surface area (Å²) < 4.78 is 6.59. The Morgan fingerprint density at radius 3 is 2.64 bits per heavy atom. The average Bonchev–Trinajstić information content (AvgIpc) is 3.09. The molecule has 0 unspecified atom stereocenters. The highest BCUT2D eigenvalue weighted by Gasteiger charge is 2.23. The van der Waals surface area contributed by atoms with E-state index in [9.17, 15) is 4.79 Å². The van der Waals surface area contributed by atoms with Crippen molar-refractivity contribution in [2.24, 2.45) is 0 Å². The second-order valence-electron chi connectivity index (χ2n) is 4.63. The molecule has 1 amide bonds. The highest BCUT2D eigenvalue weighted by atomic mass is 35.5. The zero-order valence-electron chi connectivity index (χ0n) is 12.1. The molecule has 3 rings (SSSR count). The summed E-state index contributed by atoms with van der Waals surface area (Å²) in [6.45, 7) is 2.62. The second-order valence-corrected chi connectivity index (χ2v) is 4.63. The number of ether oxygens (including phenoxy) is 1. The standard InChI is InChI=1S/C13H16N6O2.ClH/c1-21-11-2-3-15-12(16-11)17-6-8-18(9-7-17)13(20)19-5-4-14-10-19;/h2-5,10H,6-9H2,1H3;1H. The van der Waals surface area contributed by atoms with Gasteiger partial charge in [0, 0.05) is 50.8 Å². The Hall–Kier alpha value is -2.35. The molecule has 0 radical (unpaired) electrons. The molecule has 0 N–H and O–H groups in total. The van der Waals surface area contributed by atoms with E-state index >= 15 is 0 Å². The number of carbonyl (C=O) groups excluding carboxylic acids is 1. The van der Waals surface area contributed by atoms with Crippen LogP contribution in [0.5, 0.6) is 5.88 Å². The van der Waals surface area contributed by atoms with Crippen molar-refractivity contribution < 1.29 is 9.53 Å². The molecule has 0 bridgehead atoms. The van der Waals surface area contributed by atoms with Crippen molar-refractivity contribution >= 4 is 24.4 Å². The van der Waals surface area contributed by atoms with Crippen LogP contribution in [-0.2, 0) is 0 Å². The minimum absolute atomic E-state index is 0. The molecule has 0 aliphatic carbocycles. The lowest BCUT2D eigenvalue weighted by atomic mass is 10.3. The predicted molar refractivity (Wildman–Crippen MR) is 82.6 cm³/mol. The van der Waals surface area contributed by atoms with Gasteiger partial charge >= 0.3 is 6.03 Å². The first-order chi connectivity index (χ1) is 10.3. The van der Waals surface area contributed by atoms with Gasteiger partial charge in [0.05, 0.1) is 7.11 Å². The predicted octanol–water partition coefficient (Wildman–Crippen LogP) is 0.894. The molecule has 1 saturated heterocycles. The fraction of sp³-hybridized carbons (Fsp3) is 0.385. The van der Waals surface area contributed by atoms with Crippen molar-refractivity contribution in [3.63, 3.8) is 0 Å². The van der Waals surface area contributed by atoms with E-state index in [0.29, 0.717) is 38.0 Å². The Morgan fingerprint density at radius 1 is 1.23 bits per heavy atom. The van der Waals surface area contributed by atoms with E-state index < -0.39 is 0 Å². The number of piperazine rings is 1. The Balaban J connectivity index is 0.00000176. The molecule has 118 valence electrons. The van der Waals surface area contributed by atoms with Gasteiger partial charge in [-0.25, -0.2) is 14.8 Å². The summed E-state index contributed by atoms with van der Waals surface area (Å²) >= 11 is 0. The molecule has 1 aliphatic rings. The van der Waals surface area contributed by atoms with Crippen molar-refractivity contribution in [2.75, 3.05) is 38.2 Å². The molecule has 22 heavy (non-hydrogen) atoms. The third-order valence-electron chi connectivity index (χ3n) is 3.38. The lowest BCUT2D eigenvalue weighted by molar-refractivity contribution is 0.195. The van der Waals surface area contributed by atoms with E-state index in [1.807, 2.05) is 4.90 Å². The normalized spacial score (nSPS) is 14.4. The van der Waals surface area contributed by atoms with E-state index in [1.165, 1.54) is 10.9 Å². The number of anilines is 1. The van der Waals surface area contributed by atoms with Gasteiger partial charge in [0.25, 0.3) is 0 Å². The number of aromatic nitrogens is 4. The SMILES string of the molecule is COc1ccnc(N2CCN(C(=O)n3ccnc3)CC2)n1.Cl. The lowest BCUT2D eigenvalue weighted by Crippen LogP contribution is -2.50. The smallest absolute Gasteiger partial charge is 0.329 e. The van der Waals surface area contributed by atoms with Crippen LogP contribution >= 0.6 is 12.4 Å². The summed E-state index contributed by atoms with van der Waals surface area (Å²) in [7, 11) is 1.58. The van der Waals surface area contributed by atoms with Crippen LogP contribution in [-0.4, -0.2) is 63.7 Å². The Kier molecular flexibility index (Phi) is 5.16. The third-order valence-corrected chi connectivity index (χ3v) is 3.38. The summed E-state index contributed by atoms with van der Waals surface area (Å²) in [6.07, 6.45) is 6.43. The molecule has 1 aliphatic heterocycles. The minimum Gasteiger partial charge on any atom is -0.481 e. The van der Waals surface area contributed by atoms with Crippen LogP contribution in [0.15, 0.2) is 31.0 Å². The molecule has 8 nitrogen and oxygen atoms in total. The van der Waals surface area contributed by atoms with Gasteiger partial charge in [0.2, 0.25) is 11.8 Å². The number of halogens is 1. The summed E-state index contributed by atoms with van der Waals surface area (Å²) in [5.74, 6) is 1.17. The number of hydrogen-bond acceptors (Lipinski definition) is 6. The maximum atomic E-state index is 12.2. The maximum Gasteiger partial charge on any atom is 0.329 e. The largest absolute Gasteiger partial charge is 0.481 e. The number of nitrogens with zero attached hydrogens (tertiary/aromatic N) is 6. The third kappa shape index (κ3) is 3.28. The van der Waals surface area contributed by atoms with Crippen molar-refractivity contribution in [1.82, 2.24) is 24.4 Å². The summed E-state index contributed by atoms with van der Waals surface area (Å²) in [4.78, 5) is 28.5. The van der Waals surface area contributed by atoms with Crippen molar-refractivity contribution in [1.29, 1.82) is 0 Å². The van der Waals surface area contributed by atoms with Crippen LogP contribution in [0.25, 0.3) is 0 Å². The van der Waals surface area contributed by atoms with Gasteiger partial charge in [0.15, 0.2) is 0 Å². The topological polar surface area (TPSA) is 76.4 Å².